The lowest BCUT2D eigenvalue weighted by molar-refractivity contribution is -0.262. The van der Waals surface area contributed by atoms with Crippen molar-refractivity contribution in [2.45, 2.75) is 110 Å². The maximum absolute atomic E-state index is 12.2. The number of ether oxygens (including phenoxy) is 2. The predicted molar refractivity (Wildman–Crippen MR) is 151 cm³/mol. The minimum Gasteiger partial charge on any atom is -0.595 e. The lowest BCUT2D eigenvalue weighted by atomic mass is 9.87. The summed E-state index contributed by atoms with van der Waals surface area (Å²) in [5.41, 5.74) is 0.155. The van der Waals surface area contributed by atoms with Gasteiger partial charge >= 0.3 is 0 Å². The molecule has 2 aliphatic heterocycles. The van der Waals surface area contributed by atoms with Crippen molar-refractivity contribution in [1.82, 2.24) is 10.2 Å². The summed E-state index contributed by atoms with van der Waals surface area (Å²) in [6.07, 6.45) is 3.80. The summed E-state index contributed by atoms with van der Waals surface area (Å²) >= 11 is 0. The van der Waals surface area contributed by atoms with E-state index in [9.17, 15) is 10.2 Å². The average molecular weight is 541 g/mol. The van der Waals surface area contributed by atoms with Crippen molar-refractivity contribution in [3.05, 3.63) is 35.9 Å². The van der Waals surface area contributed by atoms with Gasteiger partial charge in [0.25, 0.3) is 0 Å². The number of nitrogens with one attached hydrogen (secondary N) is 1. The van der Waals surface area contributed by atoms with Crippen molar-refractivity contribution < 1.29 is 19.7 Å². The summed E-state index contributed by atoms with van der Waals surface area (Å²) in [7, 11) is 0. The molecule has 2 saturated carbocycles. The van der Waals surface area contributed by atoms with Gasteiger partial charge in [0, 0.05) is 54.8 Å². The van der Waals surface area contributed by atoms with E-state index in [-0.39, 0.29) is 21.9 Å². The zero-order valence-corrected chi connectivity index (χ0v) is 25.2. The van der Waals surface area contributed by atoms with Crippen LogP contribution in [-0.4, -0.2) is 65.5 Å². The van der Waals surface area contributed by atoms with E-state index in [0.717, 1.165) is 45.6 Å². The van der Waals surface area contributed by atoms with Crippen molar-refractivity contribution >= 4 is 12.2 Å². The molecule has 1 N–H and O–H groups in total. The van der Waals surface area contributed by atoms with Gasteiger partial charge in [-0.25, -0.2) is 0 Å². The molecule has 5 rings (SSSR count). The maximum atomic E-state index is 12.2. The van der Waals surface area contributed by atoms with Crippen LogP contribution in [0.25, 0.3) is 0 Å². The first-order valence-electron chi connectivity index (χ1n) is 14.4. The number of hydrogen-bond donors (Lipinski definition) is 1. The van der Waals surface area contributed by atoms with Crippen LogP contribution in [0, 0.1) is 10.8 Å². The molecule has 2 heterocycles. The van der Waals surface area contributed by atoms with Crippen molar-refractivity contribution in [3.63, 3.8) is 0 Å². The lowest BCUT2D eigenvalue weighted by Crippen LogP contribution is -2.40. The number of nitrogens with zero attached hydrogens (tertiary/aromatic N) is 3. The van der Waals surface area contributed by atoms with E-state index in [2.05, 4.69) is 58.3 Å². The number of likely N-dealkylation sites (tertiary alicyclic amines) is 1. The molecule has 2 aliphatic carbocycles. The molecular formula is C31H48N4O4-2. The van der Waals surface area contributed by atoms with Crippen LogP contribution >= 0.6 is 0 Å². The van der Waals surface area contributed by atoms with E-state index < -0.39 is 23.4 Å². The Bertz CT molecular complexity index is 1070. The van der Waals surface area contributed by atoms with Gasteiger partial charge in [0.2, 0.25) is 0 Å². The molecule has 0 radical (unpaired) electrons. The Kier molecular flexibility index (Phi) is 7.80. The van der Waals surface area contributed by atoms with Crippen LogP contribution in [0.3, 0.4) is 0 Å². The van der Waals surface area contributed by atoms with Gasteiger partial charge in [-0.2, -0.15) is 0 Å². The Balaban J connectivity index is 0.000000193. The minimum absolute atomic E-state index is 0.165. The molecule has 0 amide bonds. The first-order valence-corrected chi connectivity index (χ1v) is 14.4. The Hall–Kier alpha value is -2.32. The first kappa shape index (κ1) is 29.7. The zero-order chi connectivity index (χ0) is 28.7. The van der Waals surface area contributed by atoms with Gasteiger partial charge in [-0.05, 0) is 45.1 Å². The normalized spacial score (nSPS) is 29.7. The van der Waals surface area contributed by atoms with Crippen molar-refractivity contribution in [2.75, 3.05) is 26.2 Å². The van der Waals surface area contributed by atoms with E-state index in [4.69, 9.17) is 9.47 Å². The van der Waals surface area contributed by atoms with Gasteiger partial charge in [-0.15, -0.1) is 0 Å². The number of benzene rings is 1. The molecule has 218 valence electrons. The molecular weight excluding hydrogens is 492 g/mol. The van der Waals surface area contributed by atoms with E-state index in [0.29, 0.717) is 0 Å². The third-order valence-corrected chi connectivity index (χ3v) is 8.69. The van der Waals surface area contributed by atoms with Crippen molar-refractivity contribution in [1.29, 1.82) is 0 Å². The maximum Gasteiger partial charge on any atom is 0.146 e. The molecule has 8 nitrogen and oxygen atoms in total. The summed E-state index contributed by atoms with van der Waals surface area (Å²) in [4.78, 5) is 11.2. The van der Waals surface area contributed by atoms with E-state index in [1.165, 1.54) is 18.4 Å². The third kappa shape index (κ3) is 7.07. The van der Waals surface area contributed by atoms with Gasteiger partial charge in [-0.3, -0.25) is 14.9 Å². The van der Waals surface area contributed by atoms with Crippen molar-refractivity contribution in [3.8, 4) is 0 Å². The second kappa shape index (κ2) is 10.3. The molecule has 2 saturated heterocycles. The second-order valence-electron chi connectivity index (χ2n) is 14.5. The number of aliphatic imine (C=N–C) groups is 2. The molecule has 2 unspecified atom stereocenters. The largest absolute Gasteiger partial charge is 0.595 e. The molecule has 39 heavy (non-hydrogen) atoms. The summed E-state index contributed by atoms with van der Waals surface area (Å²) in [6.45, 7) is 19.9. The fraction of sp³-hybridized carbons (Fsp3) is 0.742. The van der Waals surface area contributed by atoms with Crippen LogP contribution in [0.15, 0.2) is 40.3 Å². The minimum atomic E-state index is -0.490. The molecule has 4 fully saturated rings. The Morgan fingerprint density at radius 2 is 1.31 bits per heavy atom. The lowest BCUT2D eigenvalue weighted by Gasteiger charge is -2.33. The molecule has 1 aromatic rings. The standard InChI is InChI=1S/C19H28N2O2.C12H22N2O2/c1-17(2,3)23-16(22)20-18(4)13-21(14-19(18)10-11-19)12-15-8-6-5-7-9-15;1-10(2,3)16-9(15)14-11(4)7-13-8-12(11)5-6-12/h5-9H,10-14H2,1-4H3,(H,20,22);13H,5-8H2,1-4H3,(H,14,15)/p-2. The second-order valence-corrected chi connectivity index (χ2v) is 14.5. The Morgan fingerprint density at radius 1 is 0.795 bits per heavy atom. The summed E-state index contributed by atoms with van der Waals surface area (Å²) in [5, 5.41) is 27.2. The van der Waals surface area contributed by atoms with E-state index in [1.54, 1.807) is 0 Å². The van der Waals surface area contributed by atoms with Crippen molar-refractivity contribution in [2.24, 2.45) is 20.8 Å². The SMILES string of the molecule is CC(C)(C)OC([O-])=NC1(C)CN(Cc2ccccc2)CC12CC2.CC(C)(C)OC([O-])=NC1(C)CNCC12CC2. The molecule has 0 aromatic heterocycles. The molecule has 1 aromatic carbocycles. The Morgan fingerprint density at radius 3 is 1.79 bits per heavy atom. The highest BCUT2D eigenvalue weighted by atomic mass is 16.6. The van der Waals surface area contributed by atoms with Crippen LogP contribution < -0.4 is 15.5 Å². The molecule has 2 spiro atoms. The van der Waals surface area contributed by atoms with Gasteiger partial charge < -0.3 is 25.0 Å². The quantitative estimate of drug-likeness (QED) is 0.465. The highest BCUT2D eigenvalue weighted by molar-refractivity contribution is 5.64. The van der Waals surface area contributed by atoms with Crippen LogP contribution in [0.2, 0.25) is 0 Å². The van der Waals surface area contributed by atoms with Gasteiger partial charge in [0.05, 0.1) is 11.1 Å². The molecule has 4 aliphatic rings. The van der Waals surface area contributed by atoms with Crippen LogP contribution in [0.4, 0.5) is 0 Å². The first-order chi connectivity index (χ1) is 18.0. The molecule has 2 atom stereocenters. The summed E-state index contributed by atoms with van der Waals surface area (Å²) < 4.78 is 10.7. The smallest absolute Gasteiger partial charge is 0.146 e. The van der Waals surface area contributed by atoms with Gasteiger partial charge in [0.1, 0.15) is 12.2 Å². The molecule has 0 bridgehead atoms. The fourth-order valence-electron chi connectivity index (χ4n) is 6.13. The fourth-order valence-corrected chi connectivity index (χ4v) is 6.13. The topological polar surface area (TPSA) is 105 Å². The van der Waals surface area contributed by atoms with Crippen LogP contribution in [-0.2, 0) is 16.0 Å². The predicted octanol–water partition coefficient (Wildman–Crippen LogP) is 3.23. The zero-order valence-electron chi connectivity index (χ0n) is 25.2. The highest BCUT2D eigenvalue weighted by Crippen LogP contribution is 2.60. The monoisotopic (exact) mass is 540 g/mol. The van der Waals surface area contributed by atoms with Crippen LogP contribution in [0.5, 0.6) is 0 Å². The average Bonchev–Trinajstić information content (AvgIpc) is 3.66. The van der Waals surface area contributed by atoms with E-state index >= 15 is 0 Å². The van der Waals surface area contributed by atoms with Gasteiger partial charge in [-0.1, -0.05) is 71.9 Å². The summed E-state index contributed by atoms with van der Waals surface area (Å²) in [6, 6.07) is 10.5. The van der Waals surface area contributed by atoms with Crippen LogP contribution in [0.1, 0.15) is 86.6 Å². The third-order valence-electron chi connectivity index (χ3n) is 8.69. The Labute approximate surface area is 234 Å². The highest BCUT2D eigenvalue weighted by Gasteiger charge is 2.62. The number of rotatable bonds is 4. The van der Waals surface area contributed by atoms with E-state index in [1.807, 2.05) is 47.6 Å². The van der Waals surface area contributed by atoms with Gasteiger partial charge in [0.15, 0.2) is 0 Å². The number of hydrogen-bond acceptors (Lipinski definition) is 8. The molecule has 8 heteroatoms. The summed E-state index contributed by atoms with van der Waals surface area (Å²) in [5.74, 6) is 0.